The van der Waals surface area contributed by atoms with Crippen molar-refractivity contribution >= 4 is 11.8 Å². The molecule has 0 bridgehead atoms. The number of benzene rings is 1. The van der Waals surface area contributed by atoms with E-state index in [0.29, 0.717) is 5.03 Å². The lowest BCUT2D eigenvalue weighted by atomic mass is 10.1. The molecule has 0 spiro atoms. The van der Waals surface area contributed by atoms with E-state index in [-0.39, 0.29) is 6.04 Å². The molecule has 4 nitrogen and oxygen atoms in total. The lowest BCUT2D eigenvalue weighted by Crippen LogP contribution is -2.17. The fourth-order valence-electron chi connectivity index (χ4n) is 1.28. The Morgan fingerprint density at radius 2 is 2.12 bits per heavy atom. The molecule has 1 atom stereocenters. The van der Waals surface area contributed by atoms with E-state index in [1.54, 1.807) is 6.26 Å². The van der Waals surface area contributed by atoms with Crippen LogP contribution in [-0.4, -0.2) is 11.2 Å². The van der Waals surface area contributed by atoms with Gasteiger partial charge in [0.25, 0.3) is 6.20 Å². The Kier molecular flexibility index (Phi) is 4.85. The van der Waals surface area contributed by atoms with Crippen molar-refractivity contribution in [2.24, 2.45) is 0 Å². The highest BCUT2D eigenvalue weighted by atomic mass is 32.2. The van der Waals surface area contributed by atoms with Gasteiger partial charge in [0.2, 0.25) is 0 Å². The third kappa shape index (κ3) is 3.94. The van der Waals surface area contributed by atoms with Crippen LogP contribution in [0.2, 0.25) is 0 Å². The number of nitrogens with one attached hydrogen (secondary N) is 1. The zero-order valence-corrected chi connectivity index (χ0v) is 10.0. The second-order valence-corrected chi connectivity index (χ2v) is 4.11. The molecule has 0 aliphatic rings. The Morgan fingerprint density at radius 1 is 1.50 bits per heavy atom. The second kappa shape index (κ2) is 6.17. The quantitative estimate of drug-likeness (QED) is 0.633. The lowest BCUT2D eigenvalue weighted by Gasteiger charge is -2.15. The molecule has 0 saturated carbocycles. The van der Waals surface area contributed by atoms with Gasteiger partial charge in [0, 0.05) is 6.04 Å². The second-order valence-electron chi connectivity index (χ2n) is 3.26. The normalized spacial score (nSPS) is 13.2. The predicted octanol–water partition coefficient (Wildman–Crippen LogP) is 2.78. The molecule has 0 aromatic heterocycles. The molecule has 1 rings (SSSR count). The number of rotatable bonds is 5. The summed E-state index contributed by atoms with van der Waals surface area (Å²) in [6, 6.07) is 9.87. The van der Waals surface area contributed by atoms with E-state index in [1.807, 2.05) is 37.3 Å². The first kappa shape index (κ1) is 12.6. The van der Waals surface area contributed by atoms with Gasteiger partial charge < -0.3 is 5.32 Å². The van der Waals surface area contributed by atoms with Crippen molar-refractivity contribution in [2.45, 2.75) is 13.0 Å². The topological polar surface area (TPSA) is 55.2 Å². The Bertz CT molecular complexity index is 379. The molecule has 0 radical (unpaired) electrons. The van der Waals surface area contributed by atoms with Crippen LogP contribution in [0.3, 0.4) is 0 Å². The Hall–Kier alpha value is -1.49. The van der Waals surface area contributed by atoms with Crippen LogP contribution in [0.4, 0.5) is 0 Å². The third-order valence-electron chi connectivity index (χ3n) is 2.10. The molecule has 16 heavy (non-hydrogen) atoms. The fourth-order valence-corrected chi connectivity index (χ4v) is 1.77. The SMILES string of the molecule is CS/C(=C/[N+](=O)[O-])N[C@@H](C)c1ccccc1. The van der Waals surface area contributed by atoms with Gasteiger partial charge in [-0.3, -0.25) is 10.1 Å². The van der Waals surface area contributed by atoms with Crippen LogP contribution in [0.1, 0.15) is 18.5 Å². The van der Waals surface area contributed by atoms with Gasteiger partial charge in [-0.1, -0.05) is 30.3 Å². The number of hydrogen-bond donors (Lipinski definition) is 1. The summed E-state index contributed by atoms with van der Waals surface area (Å²) in [4.78, 5) is 9.91. The number of nitro groups is 1. The fraction of sp³-hybridized carbons (Fsp3) is 0.273. The van der Waals surface area contributed by atoms with Gasteiger partial charge in [-0.05, 0) is 18.7 Å². The number of nitrogens with zero attached hydrogens (tertiary/aromatic N) is 1. The maximum Gasteiger partial charge on any atom is 0.263 e. The zero-order chi connectivity index (χ0) is 12.0. The van der Waals surface area contributed by atoms with Crippen molar-refractivity contribution in [1.29, 1.82) is 0 Å². The van der Waals surface area contributed by atoms with Crippen molar-refractivity contribution in [3.63, 3.8) is 0 Å². The van der Waals surface area contributed by atoms with Crippen LogP contribution >= 0.6 is 11.8 Å². The summed E-state index contributed by atoms with van der Waals surface area (Å²) >= 11 is 1.33. The molecule has 1 N–H and O–H groups in total. The Labute approximate surface area is 98.9 Å². The van der Waals surface area contributed by atoms with Crippen LogP contribution in [0.15, 0.2) is 41.6 Å². The maximum atomic E-state index is 10.4. The average Bonchev–Trinajstić information content (AvgIpc) is 2.28. The van der Waals surface area contributed by atoms with E-state index in [9.17, 15) is 10.1 Å². The van der Waals surface area contributed by atoms with Crippen molar-refractivity contribution in [3.8, 4) is 0 Å². The molecule has 0 fully saturated rings. The van der Waals surface area contributed by atoms with Gasteiger partial charge in [-0.25, -0.2) is 0 Å². The van der Waals surface area contributed by atoms with Gasteiger partial charge in [0.15, 0.2) is 0 Å². The molecule has 0 amide bonds. The first-order valence-corrected chi connectivity index (χ1v) is 6.06. The first-order chi connectivity index (χ1) is 7.63. The van der Waals surface area contributed by atoms with Crippen LogP contribution in [0, 0.1) is 10.1 Å². The van der Waals surface area contributed by atoms with Crippen molar-refractivity contribution in [1.82, 2.24) is 5.32 Å². The minimum atomic E-state index is -0.448. The van der Waals surface area contributed by atoms with Crippen molar-refractivity contribution in [3.05, 3.63) is 57.2 Å². The van der Waals surface area contributed by atoms with E-state index >= 15 is 0 Å². The zero-order valence-electron chi connectivity index (χ0n) is 9.21. The summed E-state index contributed by atoms with van der Waals surface area (Å²) in [5.41, 5.74) is 1.10. The lowest BCUT2D eigenvalue weighted by molar-refractivity contribution is -0.403. The van der Waals surface area contributed by atoms with Gasteiger partial charge in [0.1, 0.15) is 5.03 Å². The Balaban J connectivity index is 2.70. The van der Waals surface area contributed by atoms with E-state index in [2.05, 4.69) is 5.32 Å². The van der Waals surface area contributed by atoms with Gasteiger partial charge in [-0.15, -0.1) is 11.8 Å². The minimum absolute atomic E-state index is 0.0554. The molecule has 0 heterocycles. The van der Waals surface area contributed by atoms with Crippen molar-refractivity contribution < 1.29 is 4.92 Å². The largest absolute Gasteiger partial charge is 0.368 e. The van der Waals surface area contributed by atoms with Gasteiger partial charge >= 0.3 is 0 Å². The number of thioether (sulfide) groups is 1. The van der Waals surface area contributed by atoms with Crippen LogP contribution in [-0.2, 0) is 0 Å². The van der Waals surface area contributed by atoms with Crippen LogP contribution in [0.25, 0.3) is 0 Å². The predicted molar refractivity (Wildman–Crippen MR) is 66.6 cm³/mol. The maximum absolute atomic E-state index is 10.4. The van der Waals surface area contributed by atoms with Gasteiger partial charge in [-0.2, -0.15) is 0 Å². The molecule has 1 aromatic rings. The standard InChI is InChI=1S/C11H14N2O2S/c1-9(10-6-4-3-5-7-10)12-11(16-2)8-13(14)15/h3-9,12H,1-2H3/b11-8+/t9-/m0/s1. The highest BCUT2D eigenvalue weighted by Gasteiger charge is 2.08. The van der Waals surface area contributed by atoms with Gasteiger partial charge in [0.05, 0.1) is 4.92 Å². The molecule has 0 saturated heterocycles. The average molecular weight is 238 g/mol. The minimum Gasteiger partial charge on any atom is -0.368 e. The van der Waals surface area contributed by atoms with E-state index < -0.39 is 4.92 Å². The highest BCUT2D eigenvalue weighted by molar-refractivity contribution is 8.02. The summed E-state index contributed by atoms with van der Waals surface area (Å²) in [6.45, 7) is 1.97. The summed E-state index contributed by atoms with van der Waals surface area (Å²) in [7, 11) is 0. The number of hydrogen-bond acceptors (Lipinski definition) is 4. The molecule has 1 aromatic carbocycles. The molecule has 86 valence electrons. The monoisotopic (exact) mass is 238 g/mol. The van der Waals surface area contributed by atoms with Crippen molar-refractivity contribution in [2.75, 3.05) is 6.26 Å². The molecule has 5 heteroatoms. The molecular weight excluding hydrogens is 224 g/mol. The highest BCUT2D eigenvalue weighted by Crippen LogP contribution is 2.17. The smallest absolute Gasteiger partial charge is 0.263 e. The summed E-state index contributed by atoms with van der Waals surface area (Å²) in [5.74, 6) is 0. The summed E-state index contributed by atoms with van der Waals surface area (Å²) < 4.78 is 0. The van der Waals surface area contributed by atoms with E-state index in [1.165, 1.54) is 11.8 Å². The summed E-state index contributed by atoms with van der Waals surface area (Å²) in [5, 5.41) is 14.0. The van der Waals surface area contributed by atoms with Crippen LogP contribution in [0.5, 0.6) is 0 Å². The first-order valence-electron chi connectivity index (χ1n) is 4.84. The molecule has 0 aliphatic carbocycles. The molecule has 0 unspecified atom stereocenters. The molecule has 0 aliphatic heterocycles. The summed E-state index contributed by atoms with van der Waals surface area (Å²) in [6.07, 6.45) is 2.80. The third-order valence-corrected chi connectivity index (χ3v) is 2.76. The van der Waals surface area contributed by atoms with Crippen LogP contribution < -0.4 is 5.32 Å². The van der Waals surface area contributed by atoms with E-state index in [0.717, 1.165) is 11.8 Å². The van der Waals surface area contributed by atoms with E-state index in [4.69, 9.17) is 0 Å². The molecular formula is C11H14N2O2S. The Morgan fingerprint density at radius 3 is 2.62 bits per heavy atom.